The number of nitro groups is 1. The van der Waals surface area contributed by atoms with E-state index in [2.05, 4.69) is 4.74 Å². The summed E-state index contributed by atoms with van der Waals surface area (Å²) >= 11 is 5.66. The van der Waals surface area contributed by atoms with Gasteiger partial charge in [0.15, 0.2) is 0 Å². The average Bonchev–Trinajstić information content (AvgIpc) is 2.36. The molecule has 0 bridgehead atoms. The van der Waals surface area contributed by atoms with Gasteiger partial charge in [0.2, 0.25) is 0 Å². The van der Waals surface area contributed by atoms with Gasteiger partial charge in [0.25, 0.3) is 11.7 Å². The maximum Gasteiger partial charge on any atom is 0.313 e. The molecule has 0 amide bonds. The first-order valence-corrected chi connectivity index (χ1v) is 5.79. The smallest absolute Gasteiger partial charge is 0.313 e. The number of nitrogens with zero attached hydrogens (tertiary/aromatic N) is 1. The second-order valence-corrected chi connectivity index (χ2v) is 4.16. The first-order chi connectivity index (χ1) is 9.20. The van der Waals surface area contributed by atoms with Crippen molar-refractivity contribution >= 4 is 29.2 Å². The first-order valence-electron chi connectivity index (χ1n) is 5.41. The first kappa shape index (κ1) is 17.8. The van der Waals surface area contributed by atoms with E-state index in [9.17, 15) is 14.9 Å². The number of carboxylic acids is 1. The molecule has 20 heavy (non-hydrogen) atoms. The Morgan fingerprint density at radius 3 is 2.35 bits per heavy atom. The van der Waals surface area contributed by atoms with Crippen molar-refractivity contribution in [2.75, 3.05) is 7.11 Å². The third kappa shape index (κ3) is 5.66. The number of nitro benzene ring substituents is 1. The van der Waals surface area contributed by atoms with Crippen molar-refractivity contribution in [3.05, 3.63) is 38.9 Å². The van der Waals surface area contributed by atoms with Gasteiger partial charge in [-0.05, 0) is 19.1 Å². The molecule has 7 nitrogen and oxygen atoms in total. The molecular formula is C12H14ClNO6. The van der Waals surface area contributed by atoms with Crippen LogP contribution in [0.25, 0.3) is 0 Å². The van der Waals surface area contributed by atoms with Gasteiger partial charge in [-0.1, -0.05) is 11.6 Å². The monoisotopic (exact) mass is 303 g/mol. The number of methoxy groups -OCH3 is 1. The largest absolute Gasteiger partial charge is 0.481 e. The minimum absolute atomic E-state index is 0.176. The van der Waals surface area contributed by atoms with Crippen LogP contribution in [0.3, 0.4) is 0 Å². The van der Waals surface area contributed by atoms with E-state index in [1.807, 2.05) is 0 Å². The zero-order chi connectivity index (χ0) is 15.9. The SMILES string of the molecule is CC(=O)O.COC(=O)C(C)c1ccc(Cl)cc1[N+](=O)[O-]. The third-order valence-electron chi connectivity index (χ3n) is 2.21. The Morgan fingerprint density at radius 2 is 1.95 bits per heavy atom. The van der Waals surface area contributed by atoms with Crippen molar-refractivity contribution in [2.45, 2.75) is 19.8 Å². The molecule has 1 rings (SSSR count). The predicted octanol–water partition coefficient (Wildman–Crippen LogP) is 2.62. The number of carbonyl (C=O) groups excluding carboxylic acids is 1. The molecule has 0 spiro atoms. The van der Waals surface area contributed by atoms with E-state index in [1.165, 1.54) is 25.3 Å². The summed E-state index contributed by atoms with van der Waals surface area (Å²) in [6, 6.07) is 4.18. The second kappa shape index (κ2) is 8.11. The highest BCUT2D eigenvalue weighted by atomic mass is 35.5. The van der Waals surface area contributed by atoms with Crippen LogP contribution < -0.4 is 0 Å². The Morgan fingerprint density at radius 1 is 1.45 bits per heavy atom. The van der Waals surface area contributed by atoms with Crippen molar-refractivity contribution < 1.29 is 24.4 Å². The van der Waals surface area contributed by atoms with Gasteiger partial charge in [-0.15, -0.1) is 0 Å². The van der Waals surface area contributed by atoms with Gasteiger partial charge >= 0.3 is 5.97 Å². The fraction of sp³-hybridized carbons (Fsp3) is 0.333. The summed E-state index contributed by atoms with van der Waals surface area (Å²) in [5.41, 5.74) is 0.117. The van der Waals surface area contributed by atoms with Gasteiger partial charge in [-0.25, -0.2) is 0 Å². The number of ether oxygens (including phenoxy) is 1. The van der Waals surface area contributed by atoms with Gasteiger partial charge in [-0.3, -0.25) is 19.7 Å². The maximum absolute atomic E-state index is 11.3. The Balaban J connectivity index is 0.000000796. The minimum atomic E-state index is -0.833. The summed E-state index contributed by atoms with van der Waals surface area (Å²) in [7, 11) is 1.24. The third-order valence-corrected chi connectivity index (χ3v) is 2.45. The number of benzene rings is 1. The molecule has 1 atom stereocenters. The lowest BCUT2D eigenvalue weighted by Crippen LogP contribution is -2.12. The summed E-state index contributed by atoms with van der Waals surface area (Å²) in [6.45, 7) is 2.63. The van der Waals surface area contributed by atoms with Crippen molar-refractivity contribution in [3.63, 3.8) is 0 Å². The predicted molar refractivity (Wildman–Crippen MR) is 71.8 cm³/mol. The summed E-state index contributed by atoms with van der Waals surface area (Å²) in [5.74, 6) is -2.05. The molecule has 0 aromatic heterocycles. The van der Waals surface area contributed by atoms with Crippen LogP contribution in [0.15, 0.2) is 18.2 Å². The zero-order valence-electron chi connectivity index (χ0n) is 11.1. The van der Waals surface area contributed by atoms with E-state index in [-0.39, 0.29) is 10.7 Å². The number of hydrogen-bond acceptors (Lipinski definition) is 5. The van der Waals surface area contributed by atoms with E-state index >= 15 is 0 Å². The van der Waals surface area contributed by atoms with E-state index in [0.29, 0.717) is 5.56 Å². The maximum atomic E-state index is 11.3. The lowest BCUT2D eigenvalue weighted by Gasteiger charge is -2.09. The Bertz CT molecular complexity index is 513. The number of esters is 1. The normalized spacial score (nSPS) is 10.8. The molecular weight excluding hydrogens is 290 g/mol. The highest BCUT2D eigenvalue weighted by Gasteiger charge is 2.24. The Labute approximate surface area is 120 Å². The van der Waals surface area contributed by atoms with Crippen LogP contribution in [-0.4, -0.2) is 29.1 Å². The van der Waals surface area contributed by atoms with Crippen LogP contribution in [0.4, 0.5) is 5.69 Å². The lowest BCUT2D eigenvalue weighted by molar-refractivity contribution is -0.385. The van der Waals surface area contributed by atoms with E-state index in [4.69, 9.17) is 21.5 Å². The molecule has 0 aliphatic rings. The minimum Gasteiger partial charge on any atom is -0.481 e. The highest BCUT2D eigenvalue weighted by molar-refractivity contribution is 6.30. The zero-order valence-corrected chi connectivity index (χ0v) is 11.9. The van der Waals surface area contributed by atoms with Crippen molar-refractivity contribution in [1.29, 1.82) is 0 Å². The van der Waals surface area contributed by atoms with E-state index < -0.39 is 22.8 Å². The Hall–Kier alpha value is -2.15. The van der Waals surface area contributed by atoms with Crippen LogP contribution in [0.2, 0.25) is 5.02 Å². The van der Waals surface area contributed by atoms with Crippen molar-refractivity contribution in [3.8, 4) is 0 Å². The molecule has 0 aliphatic carbocycles. The second-order valence-electron chi connectivity index (χ2n) is 3.72. The molecule has 110 valence electrons. The molecule has 8 heteroatoms. The number of carbonyl (C=O) groups is 2. The number of halogens is 1. The number of rotatable bonds is 3. The Kier molecular flexibility index (Phi) is 7.24. The van der Waals surface area contributed by atoms with Gasteiger partial charge in [-0.2, -0.15) is 0 Å². The van der Waals surface area contributed by atoms with Crippen LogP contribution in [0.5, 0.6) is 0 Å². The molecule has 1 aromatic rings. The average molecular weight is 304 g/mol. The van der Waals surface area contributed by atoms with Gasteiger partial charge < -0.3 is 9.84 Å². The molecule has 0 saturated heterocycles. The molecule has 0 saturated carbocycles. The quantitative estimate of drug-likeness (QED) is 0.522. The molecule has 0 heterocycles. The molecule has 0 fully saturated rings. The van der Waals surface area contributed by atoms with Crippen LogP contribution in [-0.2, 0) is 14.3 Å². The fourth-order valence-corrected chi connectivity index (χ4v) is 1.51. The van der Waals surface area contributed by atoms with Crippen LogP contribution >= 0.6 is 11.6 Å². The van der Waals surface area contributed by atoms with Crippen molar-refractivity contribution in [2.24, 2.45) is 0 Å². The van der Waals surface area contributed by atoms with Gasteiger partial charge in [0.1, 0.15) is 0 Å². The van der Waals surface area contributed by atoms with Gasteiger partial charge in [0.05, 0.1) is 18.0 Å². The molecule has 1 N–H and O–H groups in total. The number of carboxylic acid groups (broad SMARTS) is 1. The molecule has 0 radical (unpaired) electrons. The van der Waals surface area contributed by atoms with Crippen LogP contribution in [0, 0.1) is 10.1 Å². The van der Waals surface area contributed by atoms with Crippen molar-refractivity contribution in [1.82, 2.24) is 0 Å². The number of aliphatic carboxylic acids is 1. The lowest BCUT2D eigenvalue weighted by atomic mass is 9.99. The molecule has 1 aromatic carbocycles. The highest BCUT2D eigenvalue weighted by Crippen LogP contribution is 2.29. The summed E-state index contributed by atoms with van der Waals surface area (Å²) < 4.78 is 4.54. The molecule has 0 aliphatic heterocycles. The topological polar surface area (TPSA) is 107 Å². The summed E-state index contributed by atoms with van der Waals surface area (Å²) in [5, 5.41) is 18.5. The summed E-state index contributed by atoms with van der Waals surface area (Å²) in [6.07, 6.45) is 0. The summed E-state index contributed by atoms with van der Waals surface area (Å²) in [4.78, 5) is 30.5. The van der Waals surface area contributed by atoms with Gasteiger partial charge in [0, 0.05) is 23.6 Å². The molecule has 1 unspecified atom stereocenters. The number of hydrogen-bond donors (Lipinski definition) is 1. The van der Waals surface area contributed by atoms with Crippen LogP contribution in [0.1, 0.15) is 25.3 Å². The van der Waals surface area contributed by atoms with E-state index in [1.54, 1.807) is 6.92 Å². The standard InChI is InChI=1S/C10H10ClNO4.C2H4O2/c1-6(10(13)16-2)8-4-3-7(11)5-9(8)12(14)15;1-2(3)4/h3-6H,1-2H3;1H3,(H,3,4). The van der Waals surface area contributed by atoms with E-state index in [0.717, 1.165) is 6.92 Å². The fourth-order valence-electron chi connectivity index (χ4n) is 1.34.